The van der Waals surface area contributed by atoms with E-state index in [0.717, 1.165) is 17.2 Å². The van der Waals surface area contributed by atoms with Crippen molar-refractivity contribution in [2.45, 2.75) is 12.3 Å². The molecule has 0 spiro atoms. The third-order valence-electron chi connectivity index (χ3n) is 6.76. The Balaban J connectivity index is 1.33. The fraction of sp³-hybridized carbons (Fsp3) is 0.0588. The highest BCUT2D eigenvalue weighted by Crippen LogP contribution is 2.39. The summed E-state index contributed by atoms with van der Waals surface area (Å²) < 4.78 is 0. The van der Waals surface area contributed by atoms with E-state index in [9.17, 15) is 0 Å². The van der Waals surface area contributed by atoms with Crippen molar-refractivity contribution in [3.05, 3.63) is 133 Å². The van der Waals surface area contributed by atoms with Crippen molar-refractivity contribution in [2.75, 3.05) is 0 Å². The number of fused-ring (bicyclic) bond motifs is 2. The van der Waals surface area contributed by atoms with Crippen molar-refractivity contribution in [1.29, 1.82) is 0 Å². The van der Waals surface area contributed by atoms with Crippen LogP contribution in [-0.4, -0.2) is 5.40 Å². The van der Waals surface area contributed by atoms with Gasteiger partial charge in [-0.15, -0.1) is 0 Å². The van der Waals surface area contributed by atoms with Crippen molar-refractivity contribution in [2.24, 2.45) is 0 Å². The molecule has 2 atom stereocenters. The molecule has 0 amide bonds. The molecule has 0 radical (unpaired) electrons. The minimum absolute atomic E-state index is 0.567. The summed E-state index contributed by atoms with van der Waals surface area (Å²) in [6.45, 7) is 2.41. The normalized spacial score (nSPS) is 12.8. The maximum Gasteiger partial charge on any atom is -0.000806 e. The Morgan fingerprint density at radius 3 is 1.25 bits per heavy atom. The summed E-state index contributed by atoms with van der Waals surface area (Å²) in [6.07, 6.45) is 0. The Kier molecular flexibility index (Phi) is 6.65. The molecule has 0 aliphatic rings. The summed E-state index contributed by atoms with van der Waals surface area (Å²) >= 11 is 0. The molecule has 2 unspecified atom stereocenters. The van der Waals surface area contributed by atoms with Crippen LogP contribution in [-0.2, 0) is 0 Å². The van der Waals surface area contributed by atoms with E-state index in [-0.39, 0.29) is 0 Å². The summed E-state index contributed by atoms with van der Waals surface area (Å²) in [7, 11) is 1.49. The van der Waals surface area contributed by atoms with Crippen LogP contribution in [0.4, 0.5) is 0 Å². The molecule has 0 N–H and O–H groups in total. The molecule has 0 nitrogen and oxygen atoms in total. The van der Waals surface area contributed by atoms with Gasteiger partial charge in [0.15, 0.2) is 0 Å². The van der Waals surface area contributed by atoms with Crippen molar-refractivity contribution >= 4 is 49.3 Å². The van der Waals surface area contributed by atoms with E-state index < -0.39 is 0 Å². The lowest BCUT2D eigenvalue weighted by Gasteiger charge is -2.19. The highest BCUT2D eigenvalue weighted by Gasteiger charge is 2.14. The van der Waals surface area contributed by atoms with Gasteiger partial charge in [0.25, 0.3) is 0 Å². The van der Waals surface area contributed by atoms with Crippen LogP contribution in [0.3, 0.4) is 0 Å². The minimum Gasteiger partial charge on any atom is -0.0823 e. The standard InChI is InChI=1S/C34H28P2/c1-24(35-33-22-8-6-18-31(33)29-20-10-14-25-12-2-4-16-27(25)29)36-34-23-9-7-19-32(34)30-21-11-15-26-13-3-5-17-28(26)30/h2-24,35-36H,1H3. The van der Waals surface area contributed by atoms with Crippen LogP contribution in [0.1, 0.15) is 6.92 Å². The first-order valence-corrected chi connectivity index (χ1v) is 14.6. The second-order valence-corrected chi connectivity index (χ2v) is 13.1. The van der Waals surface area contributed by atoms with E-state index in [2.05, 4.69) is 140 Å². The van der Waals surface area contributed by atoms with E-state index in [1.165, 1.54) is 54.4 Å². The van der Waals surface area contributed by atoms with Gasteiger partial charge in [0.2, 0.25) is 0 Å². The third kappa shape index (κ3) is 4.60. The second kappa shape index (κ2) is 10.4. The van der Waals surface area contributed by atoms with E-state index in [4.69, 9.17) is 0 Å². The molecule has 0 bridgehead atoms. The third-order valence-corrected chi connectivity index (χ3v) is 9.98. The SMILES string of the molecule is CC(Pc1ccccc1-c1cccc2ccccc12)Pc1ccccc1-c1cccc2ccccc12. The van der Waals surface area contributed by atoms with Crippen LogP contribution in [0.15, 0.2) is 133 Å². The molecule has 0 heterocycles. The molecule has 6 aromatic rings. The monoisotopic (exact) mass is 498 g/mol. The van der Waals surface area contributed by atoms with Gasteiger partial charge in [-0.05, 0) is 59.8 Å². The highest BCUT2D eigenvalue weighted by molar-refractivity contribution is 7.65. The van der Waals surface area contributed by atoms with Gasteiger partial charge in [0, 0.05) is 0 Å². The summed E-state index contributed by atoms with van der Waals surface area (Å²) in [6, 6.07) is 48.7. The predicted molar refractivity (Wildman–Crippen MR) is 164 cm³/mol. The first kappa shape index (κ1) is 23.1. The quantitative estimate of drug-likeness (QED) is 0.201. The van der Waals surface area contributed by atoms with Gasteiger partial charge in [0.05, 0.1) is 0 Å². The minimum atomic E-state index is 0.567. The van der Waals surface area contributed by atoms with Crippen LogP contribution < -0.4 is 10.6 Å². The molecular weight excluding hydrogens is 470 g/mol. The Morgan fingerprint density at radius 1 is 0.389 bits per heavy atom. The van der Waals surface area contributed by atoms with Crippen LogP contribution in [0.2, 0.25) is 0 Å². The van der Waals surface area contributed by atoms with Gasteiger partial charge in [0.1, 0.15) is 0 Å². The smallest absolute Gasteiger partial charge is 0.000806 e. The van der Waals surface area contributed by atoms with E-state index >= 15 is 0 Å². The molecular formula is C34H28P2. The van der Waals surface area contributed by atoms with Crippen LogP contribution in [0.5, 0.6) is 0 Å². The highest BCUT2D eigenvalue weighted by atomic mass is 31.1. The molecule has 0 aromatic heterocycles. The van der Waals surface area contributed by atoms with Crippen molar-refractivity contribution in [3.63, 3.8) is 0 Å². The lowest BCUT2D eigenvalue weighted by atomic mass is 9.98. The predicted octanol–water partition coefficient (Wildman–Crippen LogP) is 8.98. The van der Waals surface area contributed by atoms with Crippen molar-refractivity contribution in [3.8, 4) is 22.3 Å². The number of hydrogen-bond acceptors (Lipinski definition) is 0. The molecule has 6 aromatic carbocycles. The number of hydrogen-bond donors (Lipinski definition) is 0. The topological polar surface area (TPSA) is 0 Å². The molecule has 6 rings (SSSR count). The zero-order valence-electron chi connectivity index (χ0n) is 20.3. The van der Waals surface area contributed by atoms with E-state index in [1.54, 1.807) is 0 Å². The Bertz CT molecular complexity index is 1530. The molecule has 0 saturated heterocycles. The van der Waals surface area contributed by atoms with Crippen molar-refractivity contribution in [1.82, 2.24) is 0 Å². The molecule has 0 aliphatic carbocycles. The van der Waals surface area contributed by atoms with Gasteiger partial charge in [-0.1, -0.05) is 158 Å². The Morgan fingerprint density at radius 2 is 0.750 bits per heavy atom. The summed E-state index contributed by atoms with van der Waals surface area (Å²) in [5.74, 6) is 0. The van der Waals surface area contributed by atoms with Crippen molar-refractivity contribution < 1.29 is 0 Å². The lowest BCUT2D eigenvalue weighted by Crippen LogP contribution is -2.08. The van der Waals surface area contributed by atoms with Gasteiger partial charge in [-0.3, -0.25) is 0 Å². The molecule has 0 saturated carbocycles. The molecule has 2 heteroatoms. The number of rotatable bonds is 6. The zero-order valence-corrected chi connectivity index (χ0v) is 22.3. The first-order chi connectivity index (χ1) is 17.8. The molecule has 0 fully saturated rings. The van der Waals surface area contributed by atoms with E-state index in [0.29, 0.717) is 5.40 Å². The second-order valence-electron chi connectivity index (χ2n) is 9.15. The molecule has 0 aliphatic heterocycles. The Hall–Kier alpha value is -3.30. The first-order valence-electron chi connectivity index (χ1n) is 12.5. The fourth-order valence-electron chi connectivity index (χ4n) is 5.11. The lowest BCUT2D eigenvalue weighted by molar-refractivity contribution is 1.41. The zero-order chi connectivity index (χ0) is 24.3. The van der Waals surface area contributed by atoms with Gasteiger partial charge >= 0.3 is 0 Å². The van der Waals surface area contributed by atoms with Gasteiger partial charge in [-0.2, -0.15) is 0 Å². The Labute approximate surface area is 217 Å². The summed E-state index contributed by atoms with van der Waals surface area (Å²) in [5, 5.41) is 8.73. The fourth-order valence-corrected chi connectivity index (χ4v) is 8.40. The van der Waals surface area contributed by atoms with Crippen LogP contribution in [0.25, 0.3) is 43.8 Å². The number of benzene rings is 6. The van der Waals surface area contributed by atoms with Gasteiger partial charge in [-0.25, -0.2) is 0 Å². The maximum absolute atomic E-state index is 2.41. The molecule has 36 heavy (non-hydrogen) atoms. The summed E-state index contributed by atoms with van der Waals surface area (Å²) in [5.41, 5.74) is 5.41. The maximum atomic E-state index is 2.41. The van der Waals surface area contributed by atoms with Crippen LogP contribution in [0, 0.1) is 0 Å². The molecule has 174 valence electrons. The largest absolute Gasteiger partial charge is 0.0823 e. The summed E-state index contributed by atoms with van der Waals surface area (Å²) in [4.78, 5) is 0. The average molecular weight is 499 g/mol. The van der Waals surface area contributed by atoms with Crippen LogP contribution >= 0.6 is 17.2 Å². The average Bonchev–Trinajstić information content (AvgIpc) is 2.93. The van der Waals surface area contributed by atoms with Gasteiger partial charge < -0.3 is 0 Å². The van der Waals surface area contributed by atoms with E-state index in [1.807, 2.05) is 0 Å².